The molecule has 0 spiro atoms. The maximum atomic E-state index is 12.3. The number of sulfonamides is 1. The lowest BCUT2D eigenvalue weighted by Gasteiger charge is -2.33. The van der Waals surface area contributed by atoms with Crippen LogP contribution in [0.2, 0.25) is 0 Å². The lowest BCUT2D eigenvalue weighted by Crippen LogP contribution is -2.51. The van der Waals surface area contributed by atoms with Gasteiger partial charge < -0.3 is 5.73 Å². The van der Waals surface area contributed by atoms with Crippen LogP contribution in [0.15, 0.2) is 11.0 Å². The molecular formula is C13H22N2O2S2. The van der Waals surface area contributed by atoms with Crippen molar-refractivity contribution in [1.29, 1.82) is 0 Å². The van der Waals surface area contributed by atoms with E-state index in [2.05, 4.69) is 4.72 Å². The van der Waals surface area contributed by atoms with Crippen molar-refractivity contribution in [3.8, 4) is 0 Å². The first-order chi connectivity index (χ1) is 8.82. The molecule has 1 heterocycles. The summed E-state index contributed by atoms with van der Waals surface area (Å²) in [6, 6.07) is 1.73. The van der Waals surface area contributed by atoms with Crippen molar-refractivity contribution >= 4 is 21.4 Å². The van der Waals surface area contributed by atoms with E-state index in [0.717, 1.165) is 35.4 Å². The van der Waals surface area contributed by atoms with Crippen LogP contribution in [-0.2, 0) is 10.0 Å². The minimum atomic E-state index is -3.43. The van der Waals surface area contributed by atoms with Crippen LogP contribution in [0.5, 0.6) is 0 Å². The zero-order valence-electron chi connectivity index (χ0n) is 11.5. The average Bonchev–Trinajstić information content (AvgIpc) is 2.68. The second-order valence-corrected chi connectivity index (χ2v) is 8.72. The predicted molar refractivity (Wildman–Crippen MR) is 79.0 cm³/mol. The van der Waals surface area contributed by atoms with Gasteiger partial charge in [0.25, 0.3) is 0 Å². The van der Waals surface area contributed by atoms with E-state index >= 15 is 0 Å². The van der Waals surface area contributed by atoms with Gasteiger partial charge in [0.05, 0.1) is 4.90 Å². The van der Waals surface area contributed by atoms with Crippen LogP contribution in [0, 0.1) is 13.8 Å². The highest BCUT2D eigenvalue weighted by Crippen LogP contribution is 2.27. The van der Waals surface area contributed by atoms with Gasteiger partial charge in [-0.2, -0.15) is 0 Å². The van der Waals surface area contributed by atoms with Gasteiger partial charge in [-0.15, -0.1) is 11.3 Å². The molecule has 6 heteroatoms. The van der Waals surface area contributed by atoms with E-state index in [4.69, 9.17) is 5.73 Å². The number of thiophene rings is 1. The van der Waals surface area contributed by atoms with Crippen LogP contribution >= 0.6 is 11.3 Å². The minimum Gasteiger partial charge on any atom is -0.324 e. The second kappa shape index (κ2) is 5.52. The topological polar surface area (TPSA) is 72.2 Å². The Kier molecular flexibility index (Phi) is 4.35. The van der Waals surface area contributed by atoms with Crippen LogP contribution in [0.1, 0.15) is 41.9 Å². The summed E-state index contributed by atoms with van der Waals surface area (Å²) < 4.78 is 27.3. The van der Waals surface area contributed by atoms with E-state index in [1.807, 2.05) is 13.8 Å². The van der Waals surface area contributed by atoms with E-state index in [1.165, 1.54) is 17.8 Å². The number of rotatable bonds is 4. The normalized spacial score (nSPS) is 19.5. The fraction of sp³-hybridized carbons (Fsp3) is 0.692. The van der Waals surface area contributed by atoms with Gasteiger partial charge in [-0.25, -0.2) is 13.1 Å². The first-order valence-corrected chi connectivity index (χ1v) is 8.98. The highest BCUT2D eigenvalue weighted by molar-refractivity contribution is 7.89. The Bertz CT molecular complexity index is 543. The molecule has 0 unspecified atom stereocenters. The molecule has 2 rings (SSSR count). The zero-order valence-corrected chi connectivity index (χ0v) is 13.2. The van der Waals surface area contributed by atoms with E-state index in [9.17, 15) is 8.42 Å². The molecule has 1 aromatic heterocycles. The molecule has 1 aliphatic carbocycles. The Morgan fingerprint density at radius 1 is 1.32 bits per heavy atom. The number of aryl methyl sites for hydroxylation is 2. The molecule has 0 bridgehead atoms. The molecule has 0 radical (unpaired) electrons. The summed E-state index contributed by atoms with van der Waals surface area (Å²) in [6.45, 7) is 4.09. The Hall–Kier alpha value is -0.430. The summed E-state index contributed by atoms with van der Waals surface area (Å²) in [6.07, 6.45) is 5.19. The lowest BCUT2D eigenvalue weighted by atomic mass is 9.83. The molecule has 3 N–H and O–H groups in total. The molecule has 4 nitrogen and oxygen atoms in total. The van der Waals surface area contributed by atoms with Gasteiger partial charge in [0.15, 0.2) is 0 Å². The highest BCUT2D eigenvalue weighted by Gasteiger charge is 2.30. The van der Waals surface area contributed by atoms with Gasteiger partial charge in [-0.3, -0.25) is 0 Å². The third-order valence-electron chi connectivity index (χ3n) is 3.75. The van der Waals surface area contributed by atoms with Gasteiger partial charge in [-0.05, 0) is 32.8 Å². The van der Waals surface area contributed by atoms with Crippen molar-refractivity contribution in [3.63, 3.8) is 0 Å². The number of hydrogen-bond donors (Lipinski definition) is 2. The molecule has 0 saturated heterocycles. The summed E-state index contributed by atoms with van der Waals surface area (Å²) in [4.78, 5) is 2.24. The third-order valence-corrected chi connectivity index (χ3v) is 6.37. The maximum absolute atomic E-state index is 12.3. The predicted octanol–water partition coefficient (Wildman–Crippen LogP) is 2.30. The number of nitrogens with two attached hydrogens (primary N) is 1. The average molecular weight is 302 g/mol. The summed E-state index contributed by atoms with van der Waals surface area (Å²) in [5.74, 6) is 0. The van der Waals surface area contributed by atoms with E-state index < -0.39 is 10.0 Å². The largest absolute Gasteiger partial charge is 0.324 e. The Morgan fingerprint density at radius 3 is 2.47 bits per heavy atom. The standard InChI is InChI=1S/C13H22N2O2S2/c1-10-8-12(11(2)18-10)19(16,17)15-9-13(14)6-4-3-5-7-13/h8,15H,3-7,9,14H2,1-2H3. The first-order valence-electron chi connectivity index (χ1n) is 6.68. The van der Waals surface area contributed by atoms with E-state index in [-0.39, 0.29) is 5.54 Å². The highest BCUT2D eigenvalue weighted by atomic mass is 32.2. The summed E-state index contributed by atoms with van der Waals surface area (Å²) in [7, 11) is -3.43. The minimum absolute atomic E-state index is 0.337. The van der Waals surface area contributed by atoms with E-state index in [0.29, 0.717) is 11.4 Å². The SMILES string of the molecule is Cc1cc(S(=O)(=O)NCC2(N)CCCCC2)c(C)s1. The van der Waals surface area contributed by atoms with Crippen LogP contribution in [0.4, 0.5) is 0 Å². The van der Waals surface area contributed by atoms with Crippen LogP contribution in [-0.4, -0.2) is 20.5 Å². The second-order valence-electron chi connectivity index (χ2n) is 5.53. The van der Waals surface area contributed by atoms with Gasteiger partial charge in [0, 0.05) is 21.8 Å². The first kappa shape index (κ1) is 15.0. The summed E-state index contributed by atoms with van der Waals surface area (Å²) in [5.41, 5.74) is 5.89. The van der Waals surface area contributed by atoms with Crippen molar-refractivity contribution in [2.24, 2.45) is 5.73 Å². The smallest absolute Gasteiger partial charge is 0.241 e. The van der Waals surface area contributed by atoms with Crippen molar-refractivity contribution in [1.82, 2.24) is 4.72 Å². The Morgan fingerprint density at radius 2 is 1.95 bits per heavy atom. The fourth-order valence-corrected chi connectivity index (χ4v) is 5.31. The molecule has 1 aliphatic rings. The zero-order chi connectivity index (χ0) is 14.1. The summed E-state index contributed by atoms with van der Waals surface area (Å²) in [5, 5.41) is 0. The van der Waals surface area contributed by atoms with Crippen LogP contribution < -0.4 is 10.5 Å². The molecule has 1 fully saturated rings. The Balaban J connectivity index is 2.07. The molecule has 19 heavy (non-hydrogen) atoms. The molecular weight excluding hydrogens is 280 g/mol. The van der Waals surface area contributed by atoms with Crippen molar-refractivity contribution in [3.05, 3.63) is 15.8 Å². The quantitative estimate of drug-likeness (QED) is 0.896. The van der Waals surface area contributed by atoms with Gasteiger partial charge in [0.1, 0.15) is 0 Å². The fourth-order valence-electron chi connectivity index (χ4n) is 2.62. The molecule has 1 aromatic rings. The lowest BCUT2D eigenvalue weighted by molar-refractivity contribution is 0.296. The van der Waals surface area contributed by atoms with Crippen LogP contribution in [0.3, 0.4) is 0 Å². The van der Waals surface area contributed by atoms with Crippen molar-refractivity contribution in [2.45, 2.75) is 56.4 Å². The molecule has 1 saturated carbocycles. The molecule has 0 amide bonds. The maximum Gasteiger partial charge on any atom is 0.241 e. The number of hydrogen-bond acceptors (Lipinski definition) is 4. The molecule has 0 aliphatic heterocycles. The third kappa shape index (κ3) is 3.56. The van der Waals surface area contributed by atoms with E-state index in [1.54, 1.807) is 6.07 Å². The number of nitrogens with one attached hydrogen (secondary N) is 1. The van der Waals surface area contributed by atoms with Gasteiger partial charge in [0.2, 0.25) is 10.0 Å². The molecule has 108 valence electrons. The van der Waals surface area contributed by atoms with Gasteiger partial charge in [-0.1, -0.05) is 19.3 Å². The molecule has 0 aromatic carbocycles. The Labute approximate surface area is 119 Å². The van der Waals surface area contributed by atoms with Crippen LogP contribution in [0.25, 0.3) is 0 Å². The monoisotopic (exact) mass is 302 g/mol. The van der Waals surface area contributed by atoms with Gasteiger partial charge >= 0.3 is 0 Å². The summed E-state index contributed by atoms with van der Waals surface area (Å²) >= 11 is 1.51. The van der Waals surface area contributed by atoms with Crippen molar-refractivity contribution in [2.75, 3.05) is 6.54 Å². The van der Waals surface area contributed by atoms with Crippen molar-refractivity contribution < 1.29 is 8.42 Å². The molecule has 0 atom stereocenters.